The van der Waals surface area contributed by atoms with Crippen LogP contribution in [0.2, 0.25) is 0 Å². The van der Waals surface area contributed by atoms with Crippen molar-refractivity contribution < 1.29 is 13.2 Å². The maximum atomic E-state index is 12.9. The zero-order chi connectivity index (χ0) is 10.7. The molecule has 14 heavy (non-hydrogen) atoms. The molecule has 0 aromatic carbocycles. The minimum absolute atomic E-state index is 0.350. The lowest BCUT2D eigenvalue weighted by Crippen LogP contribution is -2.02. The minimum atomic E-state index is -2.93. The van der Waals surface area contributed by atoms with Gasteiger partial charge in [0.1, 0.15) is 6.07 Å². The Hall–Kier alpha value is -1.28. The van der Waals surface area contributed by atoms with Gasteiger partial charge in [-0.15, -0.1) is 11.6 Å². The molecule has 74 valence electrons. The number of aromatic nitrogens is 1. The maximum Gasteiger partial charge on any atom is 0.265 e. The van der Waals surface area contributed by atoms with Crippen molar-refractivity contribution >= 4 is 11.6 Å². The van der Waals surface area contributed by atoms with Gasteiger partial charge in [0, 0.05) is 17.3 Å². The molecule has 0 bridgehead atoms. The van der Waals surface area contributed by atoms with E-state index in [-0.39, 0.29) is 5.56 Å². The minimum Gasteiger partial charge on any atom is -0.227 e. The summed E-state index contributed by atoms with van der Waals surface area (Å²) < 4.78 is 37.8. The van der Waals surface area contributed by atoms with Crippen molar-refractivity contribution in [1.82, 2.24) is 4.98 Å². The Morgan fingerprint density at radius 1 is 1.57 bits per heavy atom. The monoisotopic (exact) mass is 220 g/mol. The molecule has 2 nitrogen and oxygen atoms in total. The maximum absolute atomic E-state index is 12.9. The average Bonchev–Trinajstić information content (AvgIpc) is 2.17. The number of hydrogen-bond donors (Lipinski definition) is 0. The highest BCUT2D eigenvalue weighted by Gasteiger charge is 2.21. The smallest absolute Gasteiger partial charge is 0.227 e. The van der Waals surface area contributed by atoms with Crippen molar-refractivity contribution in [3.63, 3.8) is 0 Å². The molecule has 0 aliphatic rings. The molecule has 0 N–H and O–H groups in total. The number of pyridine rings is 1. The second-order valence-electron chi connectivity index (χ2n) is 2.40. The molecule has 0 spiro atoms. The van der Waals surface area contributed by atoms with Gasteiger partial charge >= 0.3 is 0 Å². The molecule has 1 aromatic rings. The van der Waals surface area contributed by atoms with Crippen LogP contribution >= 0.6 is 11.6 Å². The van der Waals surface area contributed by atoms with Crippen LogP contribution in [0.5, 0.6) is 0 Å². The Labute approximate surface area is 82.9 Å². The Morgan fingerprint density at radius 2 is 2.21 bits per heavy atom. The first kappa shape index (κ1) is 10.8. The van der Waals surface area contributed by atoms with E-state index in [9.17, 15) is 13.2 Å². The fourth-order valence-corrected chi connectivity index (χ4v) is 1.26. The van der Waals surface area contributed by atoms with Crippen LogP contribution < -0.4 is 0 Å². The summed E-state index contributed by atoms with van der Waals surface area (Å²) in [6.07, 6.45) is -2.16. The molecule has 1 aromatic heterocycles. The van der Waals surface area contributed by atoms with E-state index in [1.165, 1.54) is 6.07 Å². The summed E-state index contributed by atoms with van der Waals surface area (Å²) in [7, 11) is 0. The topological polar surface area (TPSA) is 36.7 Å². The molecule has 1 heterocycles. The van der Waals surface area contributed by atoms with Crippen molar-refractivity contribution in [3.8, 4) is 6.07 Å². The molecule has 0 aliphatic heterocycles. The van der Waals surface area contributed by atoms with Gasteiger partial charge in [-0.1, -0.05) is 0 Å². The molecule has 0 aliphatic carbocycles. The Balaban J connectivity index is 3.46. The van der Waals surface area contributed by atoms with Crippen molar-refractivity contribution in [2.75, 3.05) is 0 Å². The van der Waals surface area contributed by atoms with Crippen molar-refractivity contribution in [2.45, 2.75) is 12.3 Å². The molecule has 6 heteroatoms. The zero-order valence-electron chi connectivity index (χ0n) is 6.77. The Kier molecular flexibility index (Phi) is 3.31. The van der Waals surface area contributed by atoms with Crippen LogP contribution in [0.4, 0.5) is 13.2 Å². The molecule has 0 unspecified atom stereocenters. The molecule has 0 saturated carbocycles. The van der Waals surface area contributed by atoms with Crippen LogP contribution in [-0.2, 0) is 5.88 Å². The highest BCUT2D eigenvalue weighted by molar-refractivity contribution is 6.17. The molecule has 0 fully saturated rings. The average molecular weight is 221 g/mol. The SMILES string of the molecule is N#Cc1cnc(F)c(CCl)c1C(F)F. The van der Waals surface area contributed by atoms with E-state index < -0.39 is 29.4 Å². The van der Waals surface area contributed by atoms with Gasteiger partial charge in [0.15, 0.2) is 0 Å². The summed E-state index contributed by atoms with van der Waals surface area (Å²) in [6.45, 7) is 0. The third-order valence-corrected chi connectivity index (χ3v) is 1.91. The zero-order valence-corrected chi connectivity index (χ0v) is 7.52. The Morgan fingerprint density at radius 3 is 2.64 bits per heavy atom. The quantitative estimate of drug-likeness (QED) is 0.568. The second kappa shape index (κ2) is 4.29. The van der Waals surface area contributed by atoms with E-state index >= 15 is 0 Å². The second-order valence-corrected chi connectivity index (χ2v) is 2.67. The van der Waals surface area contributed by atoms with E-state index in [2.05, 4.69) is 4.98 Å². The van der Waals surface area contributed by atoms with Gasteiger partial charge in [0.05, 0.1) is 11.4 Å². The largest absolute Gasteiger partial charge is 0.265 e. The Bertz CT molecular complexity index is 387. The fourth-order valence-electron chi connectivity index (χ4n) is 1.01. The highest BCUT2D eigenvalue weighted by atomic mass is 35.5. The third-order valence-electron chi connectivity index (χ3n) is 1.64. The predicted octanol–water partition coefficient (Wildman–Crippen LogP) is 2.77. The van der Waals surface area contributed by atoms with Gasteiger partial charge in [-0.3, -0.25) is 0 Å². The fraction of sp³-hybridized carbons (Fsp3) is 0.250. The lowest BCUT2D eigenvalue weighted by atomic mass is 10.1. The van der Waals surface area contributed by atoms with Crippen LogP contribution in [0.25, 0.3) is 0 Å². The third kappa shape index (κ3) is 1.80. The van der Waals surface area contributed by atoms with E-state index in [1.807, 2.05) is 0 Å². The number of alkyl halides is 3. The van der Waals surface area contributed by atoms with Crippen molar-refractivity contribution in [3.05, 3.63) is 28.8 Å². The molecule has 0 atom stereocenters. The normalized spacial score (nSPS) is 10.3. The van der Waals surface area contributed by atoms with Crippen LogP contribution in [-0.4, -0.2) is 4.98 Å². The lowest BCUT2D eigenvalue weighted by molar-refractivity contribution is 0.149. The lowest BCUT2D eigenvalue weighted by Gasteiger charge is -2.07. The molecular weight excluding hydrogens is 217 g/mol. The number of nitrogens with zero attached hydrogens (tertiary/aromatic N) is 2. The molecular formula is C8H4ClF3N2. The predicted molar refractivity (Wildman–Crippen MR) is 43.4 cm³/mol. The summed E-state index contributed by atoms with van der Waals surface area (Å²) in [5.74, 6) is -1.50. The summed E-state index contributed by atoms with van der Waals surface area (Å²) in [4.78, 5) is 3.16. The summed E-state index contributed by atoms with van der Waals surface area (Å²) >= 11 is 5.29. The van der Waals surface area contributed by atoms with E-state index in [4.69, 9.17) is 16.9 Å². The van der Waals surface area contributed by atoms with Gasteiger partial charge in [0.25, 0.3) is 6.43 Å². The van der Waals surface area contributed by atoms with Gasteiger partial charge < -0.3 is 0 Å². The van der Waals surface area contributed by atoms with Crippen LogP contribution in [0.15, 0.2) is 6.20 Å². The van der Waals surface area contributed by atoms with E-state index in [1.54, 1.807) is 0 Å². The number of rotatable bonds is 2. The first-order valence-corrected chi connectivity index (χ1v) is 4.06. The summed E-state index contributed by atoms with van der Waals surface area (Å²) in [5, 5.41) is 8.49. The van der Waals surface area contributed by atoms with Crippen molar-refractivity contribution in [1.29, 1.82) is 5.26 Å². The number of halogens is 4. The van der Waals surface area contributed by atoms with Gasteiger partial charge in [-0.2, -0.15) is 9.65 Å². The molecule has 0 saturated heterocycles. The molecule has 0 radical (unpaired) electrons. The molecule has 0 amide bonds. The number of hydrogen-bond acceptors (Lipinski definition) is 2. The van der Waals surface area contributed by atoms with Gasteiger partial charge in [-0.25, -0.2) is 13.8 Å². The highest BCUT2D eigenvalue weighted by Crippen LogP contribution is 2.28. The molecule has 1 rings (SSSR count). The summed E-state index contributed by atoms with van der Waals surface area (Å²) in [6, 6.07) is 1.51. The first-order chi connectivity index (χ1) is 6.61. The van der Waals surface area contributed by atoms with E-state index in [0.29, 0.717) is 0 Å². The first-order valence-electron chi connectivity index (χ1n) is 3.53. The van der Waals surface area contributed by atoms with Gasteiger partial charge in [-0.05, 0) is 0 Å². The van der Waals surface area contributed by atoms with E-state index in [0.717, 1.165) is 6.20 Å². The van der Waals surface area contributed by atoms with Crippen LogP contribution in [0.1, 0.15) is 23.1 Å². The van der Waals surface area contributed by atoms with Gasteiger partial charge in [0.2, 0.25) is 5.95 Å². The van der Waals surface area contributed by atoms with Crippen LogP contribution in [0, 0.1) is 17.3 Å². The number of nitriles is 1. The van der Waals surface area contributed by atoms with Crippen LogP contribution in [0.3, 0.4) is 0 Å². The standard InChI is InChI=1S/C8H4ClF3N2/c9-1-5-6(7(10)11)4(2-13)3-14-8(5)12/h3,7H,1H2. The summed E-state index contributed by atoms with van der Waals surface area (Å²) in [5.41, 5.74) is -1.44. The van der Waals surface area contributed by atoms with Crippen molar-refractivity contribution in [2.24, 2.45) is 0 Å².